The molecule has 2 unspecified atom stereocenters. The maximum absolute atomic E-state index is 4.36. The summed E-state index contributed by atoms with van der Waals surface area (Å²) < 4.78 is 0. The summed E-state index contributed by atoms with van der Waals surface area (Å²) in [5.41, 5.74) is 0. The van der Waals surface area contributed by atoms with Crippen molar-refractivity contribution in [2.75, 3.05) is 18.4 Å². The van der Waals surface area contributed by atoms with Crippen LogP contribution in [0.4, 0.5) is 5.82 Å². The highest BCUT2D eigenvalue weighted by Crippen LogP contribution is 2.42. The van der Waals surface area contributed by atoms with Crippen molar-refractivity contribution in [1.82, 2.24) is 9.88 Å². The molecule has 2 bridgehead atoms. The van der Waals surface area contributed by atoms with E-state index in [1.165, 1.54) is 19.5 Å². The largest absolute Gasteiger partial charge is 0.367 e. The molecule has 92 valence electrons. The number of fused-ring (bicyclic) bond motifs is 2. The van der Waals surface area contributed by atoms with Crippen molar-refractivity contribution in [3.05, 3.63) is 24.4 Å². The SMILES string of the molecule is CC(C)N1CC2CC(C1)C2Nc1ccccn1. The number of nitrogens with zero attached hydrogens (tertiary/aromatic N) is 2. The van der Waals surface area contributed by atoms with Crippen LogP contribution in [0.2, 0.25) is 0 Å². The van der Waals surface area contributed by atoms with Crippen LogP contribution in [0.15, 0.2) is 24.4 Å². The van der Waals surface area contributed by atoms with Gasteiger partial charge in [-0.1, -0.05) is 6.07 Å². The molecule has 3 nitrogen and oxygen atoms in total. The molecule has 0 spiro atoms. The number of hydrogen-bond donors (Lipinski definition) is 1. The Morgan fingerprint density at radius 1 is 1.29 bits per heavy atom. The van der Waals surface area contributed by atoms with Gasteiger partial charge in [0.25, 0.3) is 0 Å². The maximum Gasteiger partial charge on any atom is 0.126 e. The molecule has 1 N–H and O–H groups in total. The summed E-state index contributed by atoms with van der Waals surface area (Å²) in [7, 11) is 0. The lowest BCUT2D eigenvalue weighted by molar-refractivity contribution is -0.00431. The quantitative estimate of drug-likeness (QED) is 0.864. The second-order valence-electron chi connectivity index (χ2n) is 5.69. The number of rotatable bonds is 3. The summed E-state index contributed by atoms with van der Waals surface area (Å²) in [5.74, 6) is 2.67. The molecule has 3 aliphatic rings. The number of pyridine rings is 1. The van der Waals surface area contributed by atoms with E-state index in [9.17, 15) is 0 Å². The second-order valence-corrected chi connectivity index (χ2v) is 5.69. The second kappa shape index (κ2) is 4.30. The molecular formula is C14H21N3. The Labute approximate surface area is 103 Å². The van der Waals surface area contributed by atoms with Gasteiger partial charge in [-0.05, 0) is 44.2 Å². The summed E-state index contributed by atoms with van der Waals surface area (Å²) in [5, 5.41) is 3.60. The third kappa shape index (κ3) is 2.04. The van der Waals surface area contributed by atoms with Gasteiger partial charge in [0.2, 0.25) is 0 Å². The fourth-order valence-electron chi connectivity index (χ4n) is 3.20. The lowest BCUT2D eigenvalue weighted by Gasteiger charge is -2.55. The smallest absolute Gasteiger partial charge is 0.126 e. The van der Waals surface area contributed by atoms with Crippen LogP contribution in [0, 0.1) is 11.8 Å². The minimum Gasteiger partial charge on any atom is -0.367 e. The first-order valence-electron chi connectivity index (χ1n) is 6.65. The van der Waals surface area contributed by atoms with E-state index in [0.717, 1.165) is 17.7 Å². The first-order chi connectivity index (χ1) is 8.24. The zero-order chi connectivity index (χ0) is 11.8. The van der Waals surface area contributed by atoms with Crippen LogP contribution in [-0.2, 0) is 0 Å². The molecule has 1 aliphatic carbocycles. The van der Waals surface area contributed by atoms with Crippen LogP contribution in [0.5, 0.6) is 0 Å². The third-order valence-corrected chi connectivity index (χ3v) is 4.27. The lowest BCUT2D eigenvalue weighted by atomic mass is 9.66. The summed E-state index contributed by atoms with van der Waals surface area (Å²) >= 11 is 0. The van der Waals surface area contributed by atoms with Crippen LogP contribution in [-0.4, -0.2) is 35.1 Å². The van der Waals surface area contributed by atoms with E-state index in [-0.39, 0.29) is 0 Å². The molecule has 0 amide bonds. The number of hydrogen-bond acceptors (Lipinski definition) is 3. The molecule has 2 atom stereocenters. The molecule has 2 aliphatic heterocycles. The molecule has 0 aromatic carbocycles. The highest BCUT2D eigenvalue weighted by molar-refractivity contribution is 5.36. The molecular weight excluding hydrogens is 210 g/mol. The van der Waals surface area contributed by atoms with Crippen molar-refractivity contribution in [3.8, 4) is 0 Å². The fraction of sp³-hybridized carbons (Fsp3) is 0.643. The fourth-order valence-corrected chi connectivity index (χ4v) is 3.20. The van der Waals surface area contributed by atoms with E-state index in [0.29, 0.717) is 12.1 Å². The lowest BCUT2D eigenvalue weighted by Crippen LogP contribution is -2.62. The molecule has 1 aromatic rings. The Hall–Kier alpha value is -1.09. The van der Waals surface area contributed by atoms with Crippen molar-refractivity contribution < 1.29 is 0 Å². The van der Waals surface area contributed by atoms with Gasteiger partial charge in [-0.3, -0.25) is 0 Å². The van der Waals surface area contributed by atoms with Gasteiger partial charge in [-0.15, -0.1) is 0 Å². The Balaban J connectivity index is 1.62. The molecule has 3 heteroatoms. The number of nitrogens with one attached hydrogen (secondary N) is 1. The molecule has 3 heterocycles. The predicted octanol–water partition coefficient (Wildman–Crippen LogP) is 2.22. The summed E-state index contributed by atoms with van der Waals surface area (Å²) in [6.07, 6.45) is 3.25. The minimum absolute atomic E-state index is 0.653. The van der Waals surface area contributed by atoms with E-state index >= 15 is 0 Å². The van der Waals surface area contributed by atoms with E-state index < -0.39 is 0 Å². The Kier molecular flexibility index (Phi) is 2.79. The highest BCUT2D eigenvalue weighted by Gasteiger charge is 2.47. The average molecular weight is 231 g/mol. The van der Waals surface area contributed by atoms with Crippen LogP contribution in [0.3, 0.4) is 0 Å². The molecule has 0 radical (unpaired) electrons. The molecule has 17 heavy (non-hydrogen) atoms. The Bertz CT molecular complexity index is 364. The maximum atomic E-state index is 4.36. The topological polar surface area (TPSA) is 28.2 Å². The van der Waals surface area contributed by atoms with Crippen molar-refractivity contribution in [2.24, 2.45) is 11.8 Å². The highest BCUT2D eigenvalue weighted by atomic mass is 15.2. The molecule has 3 fully saturated rings. The average Bonchev–Trinajstić information content (AvgIpc) is 2.37. The zero-order valence-electron chi connectivity index (χ0n) is 10.6. The van der Waals surface area contributed by atoms with Gasteiger partial charge in [-0.25, -0.2) is 4.98 Å². The first-order valence-corrected chi connectivity index (χ1v) is 6.65. The van der Waals surface area contributed by atoms with Crippen LogP contribution in [0.25, 0.3) is 0 Å². The molecule has 2 saturated heterocycles. The monoisotopic (exact) mass is 231 g/mol. The van der Waals surface area contributed by atoms with Crippen molar-refractivity contribution in [3.63, 3.8) is 0 Å². The van der Waals surface area contributed by atoms with Crippen LogP contribution >= 0.6 is 0 Å². The van der Waals surface area contributed by atoms with E-state index in [1.807, 2.05) is 18.3 Å². The van der Waals surface area contributed by atoms with Gasteiger partial charge in [-0.2, -0.15) is 0 Å². The van der Waals surface area contributed by atoms with Crippen molar-refractivity contribution in [2.45, 2.75) is 32.4 Å². The molecule has 1 saturated carbocycles. The van der Waals surface area contributed by atoms with Crippen LogP contribution < -0.4 is 5.32 Å². The van der Waals surface area contributed by atoms with Crippen molar-refractivity contribution >= 4 is 5.82 Å². The zero-order valence-corrected chi connectivity index (χ0v) is 10.6. The van der Waals surface area contributed by atoms with Gasteiger partial charge < -0.3 is 10.2 Å². The predicted molar refractivity (Wildman–Crippen MR) is 70.0 cm³/mol. The molecule has 1 aromatic heterocycles. The van der Waals surface area contributed by atoms with Gasteiger partial charge in [0.15, 0.2) is 0 Å². The number of aromatic nitrogens is 1. The minimum atomic E-state index is 0.653. The van der Waals surface area contributed by atoms with Gasteiger partial charge >= 0.3 is 0 Å². The van der Waals surface area contributed by atoms with Gasteiger partial charge in [0.1, 0.15) is 5.82 Å². The Morgan fingerprint density at radius 2 is 2.06 bits per heavy atom. The summed E-state index contributed by atoms with van der Waals surface area (Å²) in [4.78, 5) is 6.96. The summed E-state index contributed by atoms with van der Waals surface area (Å²) in [6.45, 7) is 7.09. The van der Waals surface area contributed by atoms with E-state index in [2.05, 4.69) is 35.1 Å². The van der Waals surface area contributed by atoms with E-state index in [1.54, 1.807) is 0 Å². The van der Waals surface area contributed by atoms with Crippen LogP contribution in [0.1, 0.15) is 20.3 Å². The summed E-state index contributed by atoms with van der Waals surface area (Å²) in [6, 6.07) is 7.42. The normalized spacial score (nSPS) is 32.3. The Morgan fingerprint density at radius 3 is 2.65 bits per heavy atom. The number of piperidine rings is 2. The molecule has 4 rings (SSSR count). The van der Waals surface area contributed by atoms with Gasteiger partial charge in [0, 0.05) is 31.4 Å². The standard InChI is InChI=1S/C14H21N3/c1-10(2)17-8-11-7-12(9-17)14(11)16-13-5-3-4-6-15-13/h3-6,10-12,14H,7-9H2,1-2H3,(H,15,16). The third-order valence-electron chi connectivity index (χ3n) is 4.27. The van der Waals surface area contributed by atoms with E-state index in [4.69, 9.17) is 0 Å². The number of anilines is 1. The first kappa shape index (κ1) is 11.0. The van der Waals surface area contributed by atoms with Crippen molar-refractivity contribution in [1.29, 1.82) is 0 Å². The van der Waals surface area contributed by atoms with Gasteiger partial charge in [0.05, 0.1) is 0 Å².